The van der Waals surface area contributed by atoms with E-state index in [1.807, 2.05) is 45.9 Å². The number of ether oxygens (including phenoxy) is 2. The first-order valence-electron chi connectivity index (χ1n) is 13.8. The predicted octanol–water partition coefficient (Wildman–Crippen LogP) is 5.37. The Bertz CT molecular complexity index is 1960. The van der Waals surface area contributed by atoms with Crippen LogP contribution in [0.4, 0.5) is 5.69 Å². The number of para-hydroxylation sites is 1. The molecule has 2 aromatic heterocycles. The van der Waals surface area contributed by atoms with Crippen molar-refractivity contribution in [2.75, 3.05) is 6.61 Å². The molecule has 1 aliphatic heterocycles. The predicted molar refractivity (Wildman–Crippen MR) is 163 cm³/mol. The molecule has 2 aromatic carbocycles. The molecule has 0 spiro atoms. The van der Waals surface area contributed by atoms with Crippen molar-refractivity contribution in [3.63, 3.8) is 0 Å². The van der Waals surface area contributed by atoms with Gasteiger partial charge in [-0.15, -0.1) is 0 Å². The van der Waals surface area contributed by atoms with E-state index in [-0.39, 0.29) is 29.5 Å². The summed E-state index contributed by atoms with van der Waals surface area (Å²) in [6, 6.07) is 13.0. The van der Waals surface area contributed by atoms with Crippen LogP contribution in [0.15, 0.2) is 74.0 Å². The van der Waals surface area contributed by atoms with Gasteiger partial charge < -0.3 is 13.9 Å². The molecule has 11 heteroatoms. The highest BCUT2D eigenvalue weighted by molar-refractivity contribution is 7.07. The molecular weight excluding hydrogens is 570 g/mol. The van der Waals surface area contributed by atoms with E-state index >= 15 is 0 Å². The second kappa shape index (κ2) is 11.8. The number of nitrogens with zero attached hydrogens (tertiary/aromatic N) is 3. The number of hydrogen-bond donors (Lipinski definition) is 0. The molecule has 4 aromatic rings. The number of fused-ring (bicyclic) bond motifs is 1. The van der Waals surface area contributed by atoms with E-state index in [0.717, 1.165) is 22.5 Å². The Morgan fingerprint density at radius 1 is 1.16 bits per heavy atom. The first-order chi connectivity index (χ1) is 20.5. The average molecular weight is 602 g/mol. The number of nitro groups is 1. The zero-order valence-corrected chi connectivity index (χ0v) is 25.5. The van der Waals surface area contributed by atoms with Crippen LogP contribution in [0.3, 0.4) is 0 Å². The second-order valence-electron chi connectivity index (χ2n) is 10.4. The minimum Gasteiger partial charge on any atom is -0.491 e. The third-order valence-corrected chi connectivity index (χ3v) is 8.05. The maximum absolute atomic E-state index is 14.0. The summed E-state index contributed by atoms with van der Waals surface area (Å²) in [7, 11) is 0. The lowest BCUT2D eigenvalue weighted by Gasteiger charge is -2.26. The van der Waals surface area contributed by atoms with E-state index in [1.165, 1.54) is 10.6 Å². The molecule has 0 amide bonds. The third-order valence-electron chi connectivity index (χ3n) is 7.07. The van der Waals surface area contributed by atoms with E-state index in [1.54, 1.807) is 44.2 Å². The van der Waals surface area contributed by atoms with Gasteiger partial charge >= 0.3 is 5.97 Å². The number of rotatable bonds is 8. The van der Waals surface area contributed by atoms with Gasteiger partial charge in [-0.2, -0.15) is 0 Å². The first kappa shape index (κ1) is 29.7. The Hall–Kier alpha value is -4.77. The smallest absolute Gasteiger partial charge is 0.338 e. The SMILES string of the molecule is CCOC(=O)C1=C(C)N=c2s/c(=C\c3ccc(-c4cc(C)c(C)cc4[N+](=O)[O-])o3)c(=O)n2[C@@H]1c1ccccc1OC(C)C. The van der Waals surface area contributed by atoms with Crippen molar-refractivity contribution in [3.8, 4) is 17.1 Å². The lowest BCUT2D eigenvalue weighted by atomic mass is 9.95. The van der Waals surface area contributed by atoms with Crippen molar-refractivity contribution >= 4 is 29.1 Å². The fraction of sp³-hybridized carbons (Fsp3) is 0.281. The maximum Gasteiger partial charge on any atom is 0.338 e. The highest BCUT2D eigenvalue weighted by atomic mass is 32.1. The summed E-state index contributed by atoms with van der Waals surface area (Å²) < 4.78 is 19.3. The number of hydrogen-bond acceptors (Lipinski definition) is 9. The number of nitro benzene ring substituents is 1. The molecule has 0 saturated heterocycles. The van der Waals surface area contributed by atoms with E-state index in [2.05, 4.69) is 4.99 Å². The standard InChI is InChI=1S/C32H31N3O7S/c1-7-40-31(37)28-20(6)33-32-34(29(28)22-10-8-9-11-25(22)41-17(2)3)30(36)27(43-32)16-21-12-13-26(42-21)23-14-18(4)19(5)15-24(23)35(38)39/h8-17,29H,7H2,1-6H3/b27-16-/t29-/m1/s1. The Labute approximate surface area is 251 Å². The van der Waals surface area contributed by atoms with Gasteiger partial charge in [0, 0.05) is 17.7 Å². The van der Waals surface area contributed by atoms with Crippen LogP contribution < -0.4 is 19.6 Å². The molecule has 0 bridgehead atoms. The summed E-state index contributed by atoms with van der Waals surface area (Å²) in [4.78, 5) is 43.6. The Morgan fingerprint density at radius 3 is 2.58 bits per heavy atom. The molecule has 0 unspecified atom stereocenters. The highest BCUT2D eigenvalue weighted by Gasteiger charge is 2.35. The lowest BCUT2D eigenvalue weighted by Crippen LogP contribution is -2.40. The van der Waals surface area contributed by atoms with E-state index in [9.17, 15) is 19.7 Å². The fourth-order valence-corrected chi connectivity index (χ4v) is 6.03. The molecule has 0 N–H and O–H groups in total. The Kier molecular flexibility index (Phi) is 8.19. The zero-order valence-electron chi connectivity index (χ0n) is 24.7. The first-order valence-corrected chi connectivity index (χ1v) is 14.6. The number of allylic oxidation sites excluding steroid dienone is 1. The van der Waals surface area contributed by atoms with Crippen LogP contribution in [0.2, 0.25) is 0 Å². The number of carbonyl (C=O) groups is 1. The summed E-state index contributed by atoms with van der Waals surface area (Å²) in [6.45, 7) is 11.1. The zero-order chi connectivity index (χ0) is 31.0. The Balaban J connectivity index is 1.67. The van der Waals surface area contributed by atoms with Gasteiger partial charge in [-0.3, -0.25) is 19.5 Å². The second-order valence-corrected chi connectivity index (χ2v) is 11.4. The van der Waals surface area contributed by atoms with Crippen molar-refractivity contribution in [1.82, 2.24) is 4.57 Å². The van der Waals surface area contributed by atoms with Gasteiger partial charge in [-0.25, -0.2) is 9.79 Å². The maximum atomic E-state index is 14.0. The minimum absolute atomic E-state index is 0.0624. The largest absolute Gasteiger partial charge is 0.491 e. The van der Waals surface area contributed by atoms with Crippen LogP contribution in [0.25, 0.3) is 17.4 Å². The molecule has 10 nitrogen and oxygen atoms in total. The number of carbonyl (C=O) groups excluding carboxylic acids is 1. The van der Waals surface area contributed by atoms with Gasteiger partial charge in [0.1, 0.15) is 23.3 Å². The average Bonchev–Trinajstić information content (AvgIpc) is 3.53. The van der Waals surface area contributed by atoms with E-state index < -0.39 is 16.9 Å². The third kappa shape index (κ3) is 5.68. The van der Waals surface area contributed by atoms with Gasteiger partial charge in [0.15, 0.2) is 4.80 Å². The highest BCUT2D eigenvalue weighted by Crippen LogP contribution is 2.37. The Morgan fingerprint density at radius 2 is 1.88 bits per heavy atom. The molecule has 5 rings (SSSR count). The summed E-state index contributed by atoms with van der Waals surface area (Å²) in [6.07, 6.45) is 1.44. The van der Waals surface area contributed by atoms with E-state index in [4.69, 9.17) is 13.9 Å². The van der Waals surface area contributed by atoms with Crippen LogP contribution in [0.5, 0.6) is 5.75 Å². The van der Waals surface area contributed by atoms with Gasteiger partial charge in [-0.05, 0) is 76.9 Å². The number of benzene rings is 2. The minimum atomic E-state index is -0.835. The summed E-state index contributed by atoms with van der Waals surface area (Å²) >= 11 is 1.16. The monoisotopic (exact) mass is 601 g/mol. The van der Waals surface area contributed by atoms with Crippen LogP contribution in [0.1, 0.15) is 56.2 Å². The van der Waals surface area contributed by atoms with E-state index in [0.29, 0.717) is 43.4 Å². The normalized spacial score (nSPS) is 15.0. The van der Waals surface area contributed by atoms with Crippen LogP contribution in [0, 0.1) is 24.0 Å². The molecule has 0 radical (unpaired) electrons. The van der Waals surface area contributed by atoms with Crippen molar-refractivity contribution in [2.45, 2.75) is 53.7 Å². The number of esters is 1. The molecule has 3 heterocycles. The van der Waals surface area contributed by atoms with Gasteiger partial charge in [0.2, 0.25) is 0 Å². The number of furan rings is 1. The molecule has 222 valence electrons. The topological polar surface area (TPSA) is 126 Å². The molecule has 0 fully saturated rings. The van der Waals surface area contributed by atoms with Gasteiger partial charge in [0.25, 0.3) is 11.2 Å². The summed E-state index contributed by atoms with van der Waals surface area (Å²) in [5, 5.41) is 11.7. The fourth-order valence-electron chi connectivity index (χ4n) is 5.01. The quantitative estimate of drug-likeness (QED) is 0.151. The molecule has 0 aliphatic carbocycles. The van der Waals surface area contributed by atoms with Gasteiger partial charge in [-0.1, -0.05) is 29.5 Å². The van der Waals surface area contributed by atoms with Crippen LogP contribution in [-0.2, 0) is 9.53 Å². The molecule has 1 atom stereocenters. The van der Waals surface area contributed by atoms with Crippen molar-refractivity contribution in [2.24, 2.45) is 4.99 Å². The lowest BCUT2D eigenvalue weighted by molar-refractivity contribution is -0.384. The van der Waals surface area contributed by atoms with Crippen molar-refractivity contribution in [1.29, 1.82) is 0 Å². The van der Waals surface area contributed by atoms with Crippen molar-refractivity contribution < 1.29 is 23.6 Å². The molecule has 43 heavy (non-hydrogen) atoms. The summed E-state index contributed by atoms with van der Waals surface area (Å²) in [5.41, 5.74) is 2.93. The summed E-state index contributed by atoms with van der Waals surface area (Å²) in [5.74, 6) is 0.633. The number of aromatic nitrogens is 1. The van der Waals surface area contributed by atoms with Crippen molar-refractivity contribution in [3.05, 3.63) is 112 Å². The number of aryl methyl sites for hydroxylation is 2. The van der Waals surface area contributed by atoms with Crippen LogP contribution in [-0.4, -0.2) is 28.2 Å². The molecule has 1 aliphatic rings. The number of thiazole rings is 1. The molecular formula is C32H31N3O7S. The van der Waals surface area contributed by atoms with Crippen LogP contribution >= 0.6 is 11.3 Å². The molecule has 0 saturated carbocycles. The van der Waals surface area contributed by atoms with Gasteiger partial charge in [0.05, 0.1) is 39.0 Å².